The number of carbonyl (C=O) groups is 1. The van der Waals surface area contributed by atoms with E-state index in [4.69, 9.17) is 0 Å². The molecule has 0 radical (unpaired) electrons. The highest BCUT2D eigenvalue weighted by Crippen LogP contribution is 2.23. The van der Waals surface area contributed by atoms with Gasteiger partial charge in [0.05, 0.1) is 0 Å². The predicted octanol–water partition coefficient (Wildman–Crippen LogP) is 1.54. The molecular weight excluding hydrogens is 250 g/mol. The summed E-state index contributed by atoms with van der Waals surface area (Å²) < 4.78 is 3.59. The van der Waals surface area contributed by atoms with Gasteiger partial charge in [0, 0.05) is 29.3 Å². The van der Waals surface area contributed by atoms with E-state index in [0.29, 0.717) is 10.7 Å². The molecule has 7 heteroatoms. The van der Waals surface area contributed by atoms with Gasteiger partial charge in [-0.1, -0.05) is 9.59 Å². The second-order valence-corrected chi connectivity index (χ2v) is 4.76. The summed E-state index contributed by atoms with van der Waals surface area (Å²) in [6.45, 7) is 0.995. The van der Waals surface area contributed by atoms with Crippen LogP contribution in [0.5, 0.6) is 0 Å². The fourth-order valence-corrected chi connectivity index (χ4v) is 2.33. The van der Waals surface area contributed by atoms with Gasteiger partial charge in [0.1, 0.15) is 0 Å². The number of aryl methyl sites for hydroxylation is 1. The predicted molar refractivity (Wildman–Crippen MR) is 68.9 cm³/mol. The highest BCUT2D eigenvalue weighted by molar-refractivity contribution is 7.09. The molecule has 0 atom stereocenters. The van der Waals surface area contributed by atoms with Crippen molar-refractivity contribution in [1.82, 2.24) is 14.8 Å². The Morgan fingerprint density at radius 2 is 2.39 bits per heavy atom. The van der Waals surface area contributed by atoms with Crippen molar-refractivity contribution in [1.29, 1.82) is 0 Å². The first-order valence-electron chi connectivity index (χ1n) is 5.66. The Bertz CT molecular complexity index is 569. The maximum absolute atomic E-state index is 12.0. The topological polar surface area (TPSA) is 79.8 Å². The first-order valence-corrected chi connectivity index (χ1v) is 6.43. The zero-order chi connectivity index (χ0) is 12.4. The van der Waals surface area contributed by atoms with Crippen molar-refractivity contribution in [2.45, 2.75) is 12.8 Å². The van der Waals surface area contributed by atoms with Crippen molar-refractivity contribution < 1.29 is 4.79 Å². The van der Waals surface area contributed by atoms with E-state index < -0.39 is 0 Å². The zero-order valence-electron chi connectivity index (χ0n) is 9.51. The van der Waals surface area contributed by atoms with Crippen molar-refractivity contribution in [3.05, 3.63) is 29.3 Å². The summed E-state index contributed by atoms with van der Waals surface area (Å²) >= 11 is 1.06. The van der Waals surface area contributed by atoms with Crippen LogP contribution in [0.2, 0.25) is 0 Å². The number of hydrogen-bond donors (Lipinski definition) is 2. The van der Waals surface area contributed by atoms with Crippen LogP contribution in [-0.4, -0.2) is 27.3 Å². The second-order valence-electron chi connectivity index (χ2n) is 4.02. The number of amides is 1. The van der Waals surface area contributed by atoms with Gasteiger partial charge in [-0.05, 0) is 41.8 Å². The lowest BCUT2D eigenvalue weighted by molar-refractivity contribution is 0.102. The molecular formula is C11H11N5OS. The van der Waals surface area contributed by atoms with Crippen molar-refractivity contribution in [2.24, 2.45) is 0 Å². The van der Waals surface area contributed by atoms with E-state index >= 15 is 0 Å². The normalized spacial score (nSPS) is 13.6. The zero-order valence-corrected chi connectivity index (χ0v) is 10.3. The molecule has 0 saturated heterocycles. The molecule has 18 heavy (non-hydrogen) atoms. The summed E-state index contributed by atoms with van der Waals surface area (Å²) in [5.74, 6) is -0.179. The number of carbonyl (C=O) groups excluding carboxylic acids is 1. The minimum absolute atomic E-state index is 0.179. The first-order chi connectivity index (χ1) is 8.83. The number of anilines is 2. The van der Waals surface area contributed by atoms with E-state index in [2.05, 4.69) is 25.4 Å². The van der Waals surface area contributed by atoms with E-state index in [9.17, 15) is 4.79 Å². The van der Waals surface area contributed by atoms with Crippen LogP contribution >= 0.6 is 11.5 Å². The third-order valence-electron chi connectivity index (χ3n) is 2.83. The van der Waals surface area contributed by atoms with Crippen LogP contribution < -0.4 is 10.6 Å². The lowest BCUT2D eigenvalue weighted by Gasteiger charge is -2.18. The van der Waals surface area contributed by atoms with Gasteiger partial charge in [-0.15, -0.1) is 0 Å². The van der Waals surface area contributed by atoms with Crippen LogP contribution in [0.1, 0.15) is 22.3 Å². The van der Waals surface area contributed by atoms with Crippen LogP contribution in [0.25, 0.3) is 0 Å². The van der Waals surface area contributed by atoms with Crippen LogP contribution in [0.4, 0.5) is 10.8 Å². The first kappa shape index (κ1) is 11.1. The van der Waals surface area contributed by atoms with Crippen molar-refractivity contribution >= 4 is 28.3 Å². The Morgan fingerprint density at radius 3 is 3.22 bits per heavy atom. The Hall–Kier alpha value is -2.02. The maximum atomic E-state index is 12.0. The lowest BCUT2D eigenvalue weighted by atomic mass is 10.0. The summed E-state index contributed by atoms with van der Waals surface area (Å²) in [5, 5.41) is 13.5. The molecule has 6 nitrogen and oxygen atoms in total. The molecule has 1 aromatic carbocycles. The Morgan fingerprint density at radius 1 is 1.44 bits per heavy atom. The summed E-state index contributed by atoms with van der Waals surface area (Å²) in [5.41, 5.74) is 2.94. The Labute approximate surface area is 108 Å². The minimum atomic E-state index is -0.179. The minimum Gasteiger partial charge on any atom is -0.385 e. The third kappa shape index (κ3) is 2.17. The molecule has 3 rings (SSSR count). The molecule has 0 spiro atoms. The molecule has 1 aliphatic rings. The monoisotopic (exact) mass is 261 g/mol. The number of fused-ring (bicyclic) bond motifs is 1. The summed E-state index contributed by atoms with van der Waals surface area (Å²) in [6.07, 6.45) is 2.10. The molecule has 1 aliphatic heterocycles. The van der Waals surface area contributed by atoms with Gasteiger partial charge in [-0.3, -0.25) is 10.1 Å². The lowest BCUT2D eigenvalue weighted by Crippen LogP contribution is -2.15. The highest BCUT2D eigenvalue weighted by Gasteiger charge is 2.13. The van der Waals surface area contributed by atoms with Gasteiger partial charge in [-0.2, -0.15) is 0 Å². The van der Waals surface area contributed by atoms with Crippen LogP contribution in [0.3, 0.4) is 0 Å². The molecule has 2 aromatic rings. The van der Waals surface area contributed by atoms with E-state index in [-0.39, 0.29) is 5.91 Å². The molecule has 1 amide bonds. The average molecular weight is 261 g/mol. The number of hydrogen-bond acceptors (Lipinski definition) is 6. The quantitative estimate of drug-likeness (QED) is 0.857. The molecule has 0 fully saturated rings. The second kappa shape index (κ2) is 4.69. The number of benzene rings is 1. The third-order valence-corrected chi connectivity index (χ3v) is 3.34. The molecule has 2 heterocycles. The highest BCUT2D eigenvalue weighted by atomic mass is 32.1. The Balaban J connectivity index is 1.81. The van der Waals surface area contributed by atoms with E-state index in [1.165, 1.54) is 5.56 Å². The number of rotatable bonds is 2. The van der Waals surface area contributed by atoms with Gasteiger partial charge in [0.2, 0.25) is 5.13 Å². The van der Waals surface area contributed by atoms with Crippen LogP contribution in [0, 0.1) is 0 Å². The fourth-order valence-electron chi connectivity index (χ4n) is 1.97. The standard InChI is InChI=1S/C11H11N5OS/c17-10(13-11-14-15-16-18-11)8-3-4-9-7(6-8)2-1-5-12-9/h3-4,6,12H,1-2,5H2,(H,13,14,16,17). The van der Waals surface area contributed by atoms with Crippen LogP contribution in [0.15, 0.2) is 18.2 Å². The van der Waals surface area contributed by atoms with Gasteiger partial charge in [0.25, 0.3) is 5.91 Å². The number of nitrogens with one attached hydrogen (secondary N) is 2. The van der Waals surface area contributed by atoms with Gasteiger partial charge in [-0.25, -0.2) is 0 Å². The van der Waals surface area contributed by atoms with E-state index in [1.54, 1.807) is 6.07 Å². The van der Waals surface area contributed by atoms with Crippen molar-refractivity contribution in [3.8, 4) is 0 Å². The molecule has 0 unspecified atom stereocenters. The smallest absolute Gasteiger partial charge is 0.257 e. The summed E-state index contributed by atoms with van der Waals surface area (Å²) in [7, 11) is 0. The number of aromatic nitrogens is 3. The van der Waals surface area contributed by atoms with E-state index in [0.717, 1.165) is 36.6 Å². The molecule has 0 bridgehead atoms. The van der Waals surface area contributed by atoms with Gasteiger partial charge >= 0.3 is 0 Å². The average Bonchev–Trinajstić information content (AvgIpc) is 2.91. The van der Waals surface area contributed by atoms with Gasteiger partial charge < -0.3 is 5.32 Å². The molecule has 0 aliphatic carbocycles. The largest absolute Gasteiger partial charge is 0.385 e. The van der Waals surface area contributed by atoms with Gasteiger partial charge in [0.15, 0.2) is 0 Å². The SMILES string of the molecule is O=C(Nc1nnns1)c1ccc2c(c1)CCCN2. The molecule has 1 aromatic heterocycles. The van der Waals surface area contributed by atoms with Crippen LogP contribution in [-0.2, 0) is 6.42 Å². The van der Waals surface area contributed by atoms with Crippen molar-refractivity contribution in [2.75, 3.05) is 17.2 Å². The Kier molecular flexibility index (Phi) is 2.89. The molecule has 2 N–H and O–H groups in total. The molecule has 0 saturated carbocycles. The fraction of sp³-hybridized carbons (Fsp3) is 0.273. The molecule has 92 valence electrons. The van der Waals surface area contributed by atoms with Crippen molar-refractivity contribution in [3.63, 3.8) is 0 Å². The maximum Gasteiger partial charge on any atom is 0.257 e. The van der Waals surface area contributed by atoms with E-state index in [1.807, 2.05) is 12.1 Å². The summed E-state index contributed by atoms with van der Waals surface area (Å²) in [6, 6.07) is 5.67. The summed E-state index contributed by atoms with van der Waals surface area (Å²) in [4.78, 5) is 12.0. The number of nitrogens with zero attached hydrogens (tertiary/aromatic N) is 3.